The van der Waals surface area contributed by atoms with Crippen LogP contribution < -0.4 is 0 Å². The quantitative estimate of drug-likeness (QED) is 0.161. The zero-order valence-electron chi connectivity index (χ0n) is 56.9. The van der Waals surface area contributed by atoms with Crippen LogP contribution in [0.4, 0.5) is 0 Å². The Balaban J connectivity index is 0.000000905. The van der Waals surface area contributed by atoms with Crippen LogP contribution in [-0.2, 0) is 32.7 Å². The molecular weight excluding hydrogens is 1040 g/mol. The van der Waals surface area contributed by atoms with Gasteiger partial charge in [0.05, 0.1) is 23.3 Å². The Kier molecular flexibility index (Phi) is 33.7. The molecule has 0 saturated carbocycles. The van der Waals surface area contributed by atoms with E-state index in [9.17, 15) is 0 Å². The van der Waals surface area contributed by atoms with Gasteiger partial charge >= 0.3 is 0 Å². The lowest BCUT2D eigenvalue weighted by Gasteiger charge is -2.20. The number of hydrogen-bond donors (Lipinski definition) is 1. The van der Waals surface area contributed by atoms with Crippen LogP contribution in [0, 0.1) is 16.7 Å². The lowest BCUT2D eigenvalue weighted by Crippen LogP contribution is -2.21. The number of benzene rings is 1. The summed E-state index contributed by atoms with van der Waals surface area (Å²) in [7, 11) is 0. The number of rotatable bonds is 0. The molecule has 0 fully saturated rings. The Morgan fingerprint density at radius 3 is 1.33 bits per heavy atom. The van der Waals surface area contributed by atoms with Crippen LogP contribution in [-0.4, -0.2) is 57.7 Å². The van der Waals surface area contributed by atoms with Gasteiger partial charge in [-0.2, -0.15) is 5.10 Å². The fourth-order valence-electron chi connectivity index (χ4n) is 6.23. The predicted molar refractivity (Wildman–Crippen MR) is 361 cm³/mol. The van der Waals surface area contributed by atoms with Crippen molar-refractivity contribution in [3.8, 4) is 0 Å². The Hall–Kier alpha value is -6.27. The molecule has 0 unspecified atom stereocenters. The third kappa shape index (κ3) is 37.5. The molecule has 6 aromatic heterocycles. The van der Waals surface area contributed by atoms with Crippen LogP contribution in [0.15, 0.2) is 179 Å². The molecule has 9 rings (SSSR count). The van der Waals surface area contributed by atoms with E-state index in [1.165, 1.54) is 16.4 Å². The van der Waals surface area contributed by atoms with Gasteiger partial charge in [-0.25, -0.2) is 15.0 Å². The molecule has 0 spiro atoms. The number of aliphatic imine (C=N–C) groups is 2. The summed E-state index contributed by atoms with van der Waals surface area (Å²) < 4.78 is 9.21. The number of pyridine rings is 1. The van der Waals surface area contributed by atoms with Crippen molar-refractivity contribution in [3.05, 3.63) is 187 Å². The Morgan fingerprint density at radius 1 is 0.530 bits per heavy atom. The van der Waals surface area contributed by atoms with Crippen molar-refractivity contribution >= 4 is 23.3 Å². The minimum absolute atomic E-state index is 0.0451. The number of nitrogens with zero attached hydrogens (tertiary/aromatic N) is 9. The SMILES string of the molecule is CC(C)(C)C1=CCC=N1.CC(C)(C)C1=NCC=C1.CC(C)(C)c1ccccn1.CC(C)(C)c1ncc[nH]1.CC(C)(C)c1ncco1.CC(C)(C)c1nccs1.CC(C)(C)n1cccc1.CC(C)(C)n1cccn1.CC(C)C.c1ccccc1. The average molecular weight is 1160 g/mol. The first-order valence-corrected chi connectivity index (χ1v) is 30.2. The molecule has 0 radical (unpaired) electrons. The van der Waals surface area contributed by atoms with E-state index in [1.807, 2.05) is 108 Å². The van der Waals surface area contributed by atoms with E-state index in [0.717, 1.165) is 36.3 Å². The highest BCUT2D eigenvalue weighted by molar-refractivity contribution is 7.09. The second-order valence-corrected chi connectivity index (χ2v) is 29.8. The zero-order valence-corrected chi connectivity index (χ0v) is 57.7. The zero-order chi connectivity index (χ0) is 63.8. The van der Waals surface area contributed by atoms with Crippen molar-refractivity contribution < 1.29 is 4.42 Å². The summed E-state index contributed by atoms with van der Waals surface area (Å²) in [6, 6.07) is 24.0. The molecule has 8 heterocycles. The molecule has 460 valence electrons. The van der Waals surface area contributed by atoms with E-state index >= 15 is 0 Å². The minimum Gasteiger partial charge on any atom is -0.448 e. The number of thiazole rings is 1. The second-order valence-electron chi connectivity index (χ2n) is 28.9. The minimum atomic E-state index is 0.0451. The highest BCUT2D eigenvalue weighted by atomic mass is 32.1. The van der Waals surface area contributed by atoms with Crippen LogP contribution in [0.2, 0.25) is 0 Å². The normalized spacial score (nSPS) is 12.8. The van der Waals surface area contributed by atoms with Gasteiger partial charge in [-0.3, -0.25) is 19.7 Å². The van der Waals surface area contributed by atoms with E-state index in [-0.39, 0.29) is 43.6 Å². The largest absolute Gasteiger partial charge is 0.448 e. The van der Waals surface area contributed by atoms with Gasteiger partial charge in [-0.1, -0.05) is 200 Å². The lowest BCUT2D eigenvalue weighted by molar-refractivity contribution is 0.355. The van der Waals surface area contributed by atoms with Gasteiger partial charge in [0, 0.05) is 123 Å². The Bertz CT molecular complexity index is 2400. The van der Waals surface area contributed by atoms with E-state index in [2.05, 4.69) is 268 Å². The summed E-state index contributed by atoms with van der Waals surface area (Å²) in [6.45, 7) is 59.0. The first-order chi connectivity index (χ1) is 38.1. The highest BCUT2D eigenvalue weighted by Crippen LogP contribution is 2.28. The first kappa shape index (κ1) is 76.7. The number of allylic oxidation sites excluding steroid dienone is 3. The Labute approximate surface area is 510 Å². The summed E-state index contributed by atoms with van der Waals surface area (Å²) in [5.74, 6) is 2.67. The monoisotopic (exact) mass is 1150 g/mol. The van der Waals surface area contributed by atoms with Crippen molar-refractivity contribution in [1.82, 2.24) is 39.3 Å². The number of H-pyrrole nitrogens is 1. The van der Waals surface area contributed by atoms with Gasteiger partial charge in [0.25, 0.3) is 0 Å². The summed E-state index contributed by atoms with van der Waals surface area (Å²) in [5.41, 5.74) is 5.06. The summed E-state index contributed by atoms with van der Waals surface area (Å²) >= 11 is 1.72. The van der Waals surface area contributed by atoms with Crippen LogP contribution in [0.1, 0.15) is 216 Å². The number of oxazole rings is 1. The van der Waals surface area contributed by atoms with Crippen LogP contribution in [0.25, 0.3) is 0 Å². The molecule has 1 N–H and O–H groups in total. The average Bonchev–Trinajstić information content (AvgIpc) is 4.24. The summed E-state index contributed by atoms with van der Waals surface area (Å²) in [6.07, 6.45) is 27.9. The van der Waals surface area contributed by atoms with E-state index in [4.69, 9.17) is 4.42 Å². The van der Waals surface area contributed by atoms with E-state index in [0.29, 0.717) is 0 Å². The van der Waals surface area contributed by atoms with Crippen molar-refractivity contribution in [2.75, 3.05) is 6.54 Å². The maximum Gasteiger partial charge on any atom is 0.199 e. The van der Waals surface area contributed by atoms with Gasteiger partial charge < -0.3 is 14.0 Å². The third-order valence-electron chi connectivity index (χ3n) is 10.9. The maximum absolute atomic E-state index is 5.09. The van der Waals surface area contributed by atoms with Crippen molar-refractivity contribution in [2.24, 2.45) is 26.7 Å². The molecule has 0 atom stereocenters. The Morgan fingerprint density at radius 2 is 1.11 bits per heavy atom. The van der Waals surface area contributed by atoms with Crippen molar-refractivity contribution in [1.29, 1.82) is 0 Å². The van der Waals surface area contributed by atoms with Gasteiger partial charge in [0.15, 0.2) is 5.89 Å². The van der Waals surface area contributed by atoms with Crippen LogP contribution >= 0.6 is 11.3 Å². The van der Waals surface area contributed by atoms with Gasteiger partial charge in [0.2, 0.25) is 0 Å². The summed E-state index contributed by atoms with van der Waals surface area (Å²) in [4.78, 5) is 28.2. The molecular formula is C71H114N10OS. The number of hydrogen-bond acceptors (Lipinski definition) is 9. The molecule has 7 aromatic rings. The highest BCUT2D eigenvalue weighted by Gasteiger charge is 2.20. The molecule has 0 saturated heterocycles. The molecule has 12 heteroatoms. The van der Waals surface area contributed by atoms with Crippen LogP contribution in [0.5, 0.6) is 0 Å². The van der Waals surface area contributed by atoms with E-state index in [1.54, 1.807) is 36.2 Å². The first-order valence-electron chi connectivity index (χ1n) is 29.4. The van der Waals surface area contributed by atoms with Gasteiger partial charge in [-0.05, 0) is 83.9 Å². The molecule has 0 aliphatic carbocycles. The predicted octanol–water partition coefficient (Wildman–Crippen LogP) is 20.2. The number of aromatic nitrogens is 8. The smallest absolute Gasteiger partial charge is 0.199 e. The molecule has 11 nitrogen and oxygen atoms in total. The number of aromatic amines is 1. The standard InChI is InChI=1S/C9H13N.3C8H13N.2C7H12N2.C7H11NO.C7H11NS.C6H6.C4H10/c1-9(2,3)8-6-4-5-7-10-8;1-8(2,3)9-6-4-5-7-9;2*1-8(2,3)7-5-4-6-9-7;1-7(2,3)6-8-4-5-9-6;1-7(2,3)9-6-4-5-8-9;2*1-7(2,3)6-8-4-5-9-6;1-2-4-6-5-3-1;1-4(2)3/h4-7H,1-3H3;4-7H,1-3H3;5-6H,4H2,1-3H3;4-5H,6H2,1-3H3;4-5H,1-3H3,(H,8,9);4-6H,1-3H3;2*4-5H,1-3H3;1-6H;4H,1-3H3. The van der Waals surface area contributed by atoms with Crippen molar-refractivity contribution in [2.45, 2.75) is 226 Å². The second kappa shape index (κ2) is 36.4. The summed E-state index contributed by atoms with van der Waals surface area (Å²) in [5, 5.41) is 7.33. The van der Waals surface area contributed by atoms with Gasteiger partial charge in [-0.15, -0.1) is 11.3 Å². The fourth-order valence-corrected chi connectivity index (χ4v) is 6.95. The molecule has 83 heavy (non-hydrogen) atoms. The van der Waals surface area contributed by atoms with E-state index < -0.39 is 0 Å². The molecule has 0 amide bonds. The van der Waals surface area contributed by atoms with Crippen LogP contribution in [0.3, 0.4) is 0 Å². The molecule has 2 aliphatic rings. The third-order valence-corrected chi connectivity index (χ3v) is 12.1. The topological polar surface area (TPSA) is 128 Å². The maximum atomic E-state index is 5.09. The molecule has 1 aromatic carbocycles. The molecule has 0 bridgehead atoms. The number of nitrogens with one attached hydrogen (secondary N) is 1. The molecule has 2 aliphatic heterocycles. The fraction of sp³-hybridized carbons (Fsp3) is 0.535. The lowest BCUT2D eigenvalue weighted by atomic mass is 9.90. The number of imidazole rings is 1. The van der Waals surface area contributed by atoms with Gasteiger partial charge in [0.1, 0.15) is 12.1 Å². The van der Waals surface area contributed by atoms with Crippen molar-refractivity contribution in [3.63, 3.8) is 0 Å².